The summed E-state index contributed by atoms with van der Waals surface area (Å²) < 4.78 is 0. The van der Waals surface area contributed by atoms with Crippen molar-refractivity contribution < 1.29 is 0 Å². The molecule has 0 heteroatoms. The van der Waals surface area contributed by atoms with E-state index in [-0.39, 0.29) is 0 Å². The molecule has 0 radical (unpaired) electrons. The van der Waals surface area contributed by atoms with E-state index in [1.54, 1.807) is 225 Å². The Balaban J connectivity index is 0.00000220. The Kier molecular flexibility index (Phi) is 15.3. The second-order valence-electron chi connectivity index (χ2n) is 26.2. The summed E-state index contributed by atoms with van der Waals surface area (Å²) in [5.74, 6) is 23.3. The predicted molar refractivity (Wildman–Crippen MR) is 261 cm³/mol. The lowest BCUT2D eigenvalue weighted by Crippen LogP contribution is -2.55. The summed E-state index contributed by atoms with van der Waals surface area (Å²) in [6.07, 6.45) is 59.6. The van der Waals surface area contributed by atoms with Gasteiger partial charge in [0.1, 0.15) is 0 Å². The Morgan fingerprint density at radius 3 is 1.31 bits per heavy atom. The zero-order valence-electron chi connectivity index (χ0n) is 41.3. The van der Waals surface area contributed by atoms with Crippen LogP contribution in [0.3, 0.4) is 0 Å². The minimum atomic E-state index is 1.02. The molecule has 0 bridgehead atoms. The van der Waals surface area contributed by atoms with Crippen LogP contribution < -0.4 is 0 Å². The van der Waals surface area contributed by atoms with Crippen LogP contribution in [0.2, 0.25) is 0 Å². The number of hydrogen-bond donors (Lipinski definition) is 0. The van der Waals surface area contributed by atoms with Crippen molar-refractivity contribution in [3.8, 4) is 0 Å². The van der Waals surface area contributed by atoms with Crippen LogP contribution in [-0.4, -0.2) is 0 Å². The van der Waals surface area contributed by atoms with Crippen LogP contribution in [0, 0.1) is 124 Å². The van der Waals surface area contributed by atoms with Crippen LogP contribution in [-0.2, 0) is 0 Å². The largest absolute Gasteiger partial charge is 0.0683 e. The number of hydrogen-bond acceptors (Lipinski definition) is 0. The van der Waals surface area contributed by atoms with E-state index in [1.165, 1.54) is 12.8 Å². The van der Waals surface area contributed by atoms with Gasteiger partial charge in [0.25, 0.3) is 0 Å². The first-order valence-electron chi connectivity index (χ1n) is 30.2. The summed E-state index contributed by atoms with van der Waals surface area (Å²) in [5, 5.41) is 0. The molecule has 61 heavy (non-hydrogen) atoms. The predicted octanol–water partition coefficient (Wildman–Crippen LogP) is 18.6. The highest BCUT2D eigenvalue weighted by molar-refractivity contribution is 5.08. The Morgan fingerprint density at radius 1 is 0.279 bits per heavy atom. The molecule has 11 rings (SSSR count). The Labute approximate surface area is 381 Å². The van der Waals surface area contributed by atoms with E-state index in [1.807, 2.05) is 13.8 Å². The van der Waals surface area contributed by atoms with Gasteiger partial charge < -0.3 is 0 Å². The third-order valence-corrected chi connectivity index (χ3v) is 24.1. The highest BCUT2D eigenvalue weighted by atomic mass is 14.6. The Morgan fingerprint density at radius 2 is 0.705 bits per heavy atom. The lowest BCUT2D eigenvalue weighted by molar-refractivity contribution is -0.137. The normalized spacial score (nSPS) is 49.5. The molecule has 19 atom stereocenters. The average Bonchev–Trinajstić information content (AvgIpc) is 3.74. The standard InChI is InChI=1S/C59H98.C2H6/c1-39-16-14-23-40(39)24-15-29-49-48-25-10-11-26-50(48)57(42-18-4-2-5-19-42)53-34-32-45(37-55(49)53)46-33-35-54-56(38-46)59(47-31-30-41-17-8-9-22-44(41)36-47)52-28-13-12-27-51(52)58(54)43-20-6-3-7-21-43;1-2/h39-59H,2-38H2,1H3;1-2H3. The first-order chi connectivity index (χ1) is 30.2. The zero-order valence-corrected chi connectivity index (χ0v) is 41.3. The van der Waals surface area contributed by atoms with Crippen LogP contribution in [0.25, 0.3) is 0 Å². The molecule has 19 unspecified atom stereocenters. The maximum Gasteiger partial charge on any atom is -0.0323 e. The third-order valence-electron chi connectivity index (χ3n) is 24.1. The Hall–Kier alpha value is 0. The van der Waals surface area contributed by atoms with Gasteiger partial charge in [0.05, 0.1) is 0 Å². The van der Waals surface area contributed by atoms with Crippen LogP contribution >= 0.6 is 0 Å². The summed E-state index contributed by atoms with van der Waals surface area (Å²) in [6, 6.07) is 0. The average molecular weight is 838 g/mol. The fourth-order valence-electron chi connectivity index (χ4n) is 22.0. The van der Waals surface area contributed by atoms with E-state index in [0.717, 1.165) is 124 Å². The first-order valence-corrected chi connectivity index (χ1v) is 30.2. The summed E-state index contributed by atoms with van der Waals surface area (Å²) in [5.41, 5.74) is 0. The van der Waals surface area contributed by atoms with Gasteiger partial charge in [-0.2, -0.15) is 0 Å². The minimum Gasteiger partial charge on any atom is -0.0683 e. The molecule has 0 saturated heterocycles. The number of fused-ring (bicyclic) bond motifs is 5. The molecule has 0 heterocycles. The molecule has 0 aromatic heterocycles. The summed E-state index contributed by atoms with van der Waals surface area (Å²) in [6.45, 7) is 6.62. The van der Waals surface area contributed by atoms with Crippen molar-refractivity contribution in [2.45, 2.75) is 258 Å². The molecule has 11 saturated carbocycles. The highest BCUT2D eigenvalue weighted by Crippen LogP contribution is 2.66. The van der Waals surface area contributed by atoms with E-state index < -0.39 is 0 Å². The summed E-state index contributed by atoms with van der Waals surface area (Å²) in [7, 11) is 0. The van der Waals surface area contributed by atoms with Gasteiger partial charge >= 0.3 is 0 Å². The zero-order chi connectivity index (χ0) is 41.3. The lowest BCUT2D eigenvalue weighted by Gasteiger charge is -2.62. The van der Waals surface area contributed by atoms with Crippen molar-refractivity contribution in [3.63, 3.8) is 0 Å². The molecule has 11 aliphatic rings. The smallest absolute Gasteiger partial charge is 0.0323 e. The molecule has 0 aliphatic heterocycles. The molecular formula is C61H104. The van der Waals surface area contributed by atoms with Crippen LogP contribution in [0.15, 0.2) is 0 Å². The minimum absolute atomic E-state index is 1.02. The molecule has 0 nitrogen and oxygen atoms in total. The van der Waals surface area contributed by atoms with Gasteiger partial charge in [0.15, 0.2) is 0 Å². The van der Waals surface area contributed by atoms with Crippen LogP contribution in [0.4, 0.5) is 0 Å². The van der Waals surface area contributed by atoms with Gasteiger partial charge in [-0.25, -0.2) is 0 Å². The van der Waals surface area contributed by atoms with E-state index in [9.17, 15) is 0 Å². The molecule has 11 aliphatic carbocycles. The summed E-state index contributed by atoms with van der Waals surface area (Å²) >= 11 is 0. The van der Waals surface area contributed by atoms with Gasteiger partial charge in [0, 0.05) is 0 Å². The molecular weight excluding hydrogens is 733 g/mol. The monoisotopic (exact) mass is 837 g/mol. The molecule has 0 amide bonds. The van der Waals surface area contributed by atoms with E-state index in [4.69, 9.17) is 0 Å². The first kappa shape index (κ1) is 44.8. The van der Waals surface area contributed by atoms with Crippen LogP contribution in [0.5, 0.6) is 0 Å². The van der Waals surface area contributed by atoms with E-state index >= 15 is 0 Å². The second-order valence-corrected chi connectivity index (χ2v) is 26.2. The molecule has 0 aromatic carbocycles. The topological polar surface area (TPSA) is 0 Å². The van der Waals surface area contributed by atoms with Crippen LogP contribution in [0.1, 0.15) is 258 Å². The van der Waals surface area contributed by atoms with E-state index in [0.29, 0.717) is 0 Å². The Bertz CT molecular complexity index is 1320. The van der Waals surface area contributed by atoms with Crippen molar-refractivity contribution in [1.29, 1.82) is 0 Å². The molecule has 0 spiro atoms. The lowest BCUT2D eigenvalue weighted by atomic mass is 9.42. The van der Waals surface area contributed by atoms with E-state index in [2.05, 4.69) is 6.92 Å². The maximum atomic E-state index is 2.62. The molecule has 0 aromatic rings. The SMILES string of the molecule is CC.CC1CCCC1CCCC1C2CCCCC2C(C2CCCCC2)C2CCC(C3CCC4C(C3)C(C3CCC5CCCCC5C3)C3CCCCC3C4C3CCCCC3)CC12. The van der Waals surface area contributed by atoms with Crippen molar-refractivity contribution >= 4 is 0 Å². The van der Waals surface area contributed by atoms with Crippen molar-refractivity contribution in [1.82, 2.24) is 0 Å². The van der Waals surface area contributed by atoms with Gasteiger partial charge in [-0.15, -0.1) is 0 Å². The molecule has 348 valence electrons. The third kappa shape index (κ3) is 9.21. The fourth-order valence-corrected chi connectivity index (χ4v) is 22.0. The van der Waals surface area contributed by atoms with Gasteiger partial charge in [-0.05, 0) is 214 Å². The van der Waals surface area contributed by atoms with Gasteiger partial charge in [0.2, 0.25) is 0 Å². The van der Waals surface area contributed by atoms with Crippen molar-refractivity contribution in [2.75, 3.05) is 0 Å². The quantitative estimate of drug-likeness (QED) is 0.228. The van der Waals surface area contributed by atoms with Gasteiger partial charge in [-0.1, -0.05) is 168 Å². The highest BCUT2D eigenvalue weighted by Gasteiger charge is 2.59. The second kappa shape index (κ2) is 20.9. The fraction of sp³-hybridized carbons (Fsp3) is 1.00. The van der Waals surface area contributed by atoms with Gasteiger partial charge in [-0.3, -0.25) is 0 Å². The summed E-state index contributed by atoms with van der Waals surface area (Å²) in [4.78, 5) is 0. The molecule has 11 fully saturated rings. The number of rotatable bonds is 8. The maximum absolute atomic E-state index is 2.62. The van der Waals surface area contributed by atoms with Crippen molar-refractivity contribution in [2.24, 2.45) is 124 Å². The van der Waals surface area contributed by atoms with Crippen molar-refractivity contribution in [3.05, 3.63) is 0 Å². The molecule has 0 N–H and O–H groups in total.